The number of nitrogens with one attached hydrogen (secondary N) is 2. The topological polar surface area (TPSA) is 84.0 Å². The molecule has 0 fully saturated rings. The van der Waals surface area contributed by atoms with Gasteiger partial charge in [0.05, 0.1) is 5.56 Å². The lowest BCUT2D eigenvalue weighted by atomic mass is 10.1. The van der Waals surface area contributed by atoms with E-state index in [2.05, 4.69) is 20.6 Å². The summed E-state index contributed by atoms with van der Waals surface area (Å²) in [5.41, 5.74) is 1.62. The van der Waals surface area contributed by atoms with Crippen molar-refractivity contribution >= 4 is 52.0 Å². The first-order valence-electron chi connectivity index (χ1n) is 7.47. The molecule has 0 aliphatic rings. The number of halogens is 2. The van der Waals surface area contributed by atoms with Crippen LogP contribution >= 0.6 is 22.6 Å². The maximum Gasteiger partial charge on any atom is 0.255 e. The van der Waals surface area contributed by atoms with Gasteiger partial charge in [-0.15, -0.1) is 0 Å². The molecule has 130 valence electrons. The lowest BCUT2D eigenvalue weighted by Gasteiger charge is -2.10. The Morgan fingerprint density at radius 3 is 2.65 bits per heavy atom. The van der Waals surface area contributed by atoms with Crippen LogP contribution in [0.4, 0.5) is 21.6 Å². The Morgan fingerprint density at radius 1 is 1.12 bits per heavy atom. The number of aldehydes is 1. The van der Waals surface area contributed by atoms with E-state index in [-0.39, 0.29) is 5.91 Å². The lowest BCUT2D eigenvalue weighted by molar-refractivity contribution is 0.102. The summed E-state index contributed by atoms with van der Waals surface area (Å²) in [6, 6.07) is 12.3. The van der Waals surface area contributed by atoms with Crippen LogP contribution in [0.5, 0.6) is 0 Å². The summed E-state index contributed by atoms with van der Waals surface area (Å²) in [7, 11) is 0. The van der Waals surface area contributed by atoms with Crippen molar-refractivity contribution in [1.29, 1.82) is 0 Å². The lowest BCUT2D eigenvalue weighted by Crippen LogP contribution is -2.12. The normalized spacial score (nSPS) is 10.2. The summed E-state index contributed by atoms with van der Waals surface area (Å²) >= 11 is 1.94. The van der Waals surface area contributed by atoms with E-state index in [1.807, 2.05) is 22.6 Å². The van der Waals surface area contributed by atoms with Gasteiger partial charge >= 0.3 is 0 Å². The molecule has 0 spiro atoms. The smallest absolute Gasteiger partial charge is 0.255 e. The highest BCUT2D eigenvalue weighted by Gasteiger charge is 2.10. The standard InChI is InChI=1S/C18H12FIN4O2/c19-13-4-2-6-15(8-13)23-17(26)11-3-1-5-14(7-11)22-16-12(10-25)9-21-18(20)24-16/h1-10H,(H,23,26)(H,21,22,24). The van der Waals surface area contributed by atoms with Crippen molar-refractivity contribution in [3.8, 4) is 0 Å². The highest BCUT2D eigenvalue weighted by molar-refractivity contribution is 14.1. The van der Waals surface area contributed by atoms with Crippen LogP contribution in [0.2, 0.25) is 0 Å². The molecule has 3 rings (SSSR count). The average molecular weight is 462 g/mol. The summed E-state index contributed by atoms with van der Waals surface area (Å²) in [4.78, 5) is 31.6. The molecule has 0 aliphatic heterocycles. The molecule has 0 aliphatic carbocycles. The van der Waals surface area contributed by atoms with E-state index < -0.39 is 5.82 Å². The van der Waals surface area contributed by atoms with Crippen molar-refractivity contribution in [3.63, 3.8) is 0 Å². The zero-order valence-corrected chi connectivity index (χ0v) is 15.4. The number of aromatic nitrogens is 2. The first-order chi connectivity index (χ1) is 12.5. The quantitative estimate of drug-likeness (QED) is 0.340. The zero-order chi connectivity index (χ0) is 18.5. The molecule has 0 saturated heterocycles. The van der Waals surface area contributed by atoms with Crippen LogP contribution in [0.3, 0.4) is 0 Å². The SMILES string of the molecule is O=Cc1cnc(I)nc1Nc1cccc(C(=O)Nc2cccc(F)c2)c1. The van der Waals surface area contributed by atoms with Gasteiger partial charge in [-0.3, -0.25) is 9.59 Å². The van der Waals surface area contributed by atoms with Crippen LogP contribution in [0.15, 0.2) is 54.7 Å². The molecule has 0 radical (unpaired) electrons. The summed E-state index contributed by atoms with van der Waals surface area (Å²) in [6.07, 6.45) is 2.07. The maximum atomic E-state index is 13.2. The van der Waals surface area contributed by atoms with Crippen molar-refractivity contribution in [2.24, 2.45) is 0 Å². The third-order valence-electron chi connectivity index (χ3n) is 3.38. The van der Waals surface area contributed by atoms with Crippen LogP contribution in [0.25, 0.3) is 0 Å². The van der Waals surface area contributed by atoms with E-state index in [0.29, 0.717) is 38.4 Å². The number of amides is 1. The number of hydrogen-bond donors (Lipinski definition) is 2. The summed E-state index contributed by atoms with van der Waals surface area (Å²) in [5, 5.41) is 5.64. The van der Waals surface area contributed by atoms with E-state index in [9.17, 15) is 14.0 Å². The fourth-order valence-corrected chi connectivity index (χ4v) is 2.58. The van der Waals surface area contributed by atoms with Crippen LogP contribution in [0.1, 0.15) is 20.7 Å². The molecule has 0 unspecified atom stereocenters. The van der Waals surface area contributed by atoms with Gasteiger partial charge in [-0.2, -0.15) is 0 Å². The predicted octanol–water partition coefficient (Wildman–Crippen LogP) is 4.03. The van der Waals surface area contributed by atoms with Gasteiger partial charge in [-0.05, 0) is 36.4 Å². The van der Waals surface area contributed by atoms with Gasteiger partial charge in [0.25, 0.3) is 5.91 Å². The second-order valence-electron chi connectivity index (χ2n) is 5.23. The molecule has 1 heterocycles. The molecule has 2 N–H and O–H groups in total. The average Bonchev–Trinajstić information content (AvgIpc) is 2.62. The Balaban J connectivity index is 1.81. The molecule has 3 aromatic rings. The molecule has 1 amide bonds. The molecule has 26 heavy (non-hydrogen) atoms. The summed E-state index contributed by atoms with van der Waals surface area (Å²) in [5.74, 6) is -0.466. The minimum atomic E-state index is -0.432. The molecule has 8 heteroatoms. The molecular formula is C18H12FIN4O2. The summed E-state index contributed by atoms with van der Waals surface area (Å²) < 4.78 is 13.7. The van der Waals surface area contributed by atoms with Crippen molar-refractivity contribution in [3.05, 3.63) is 75.5 Å². The number of hydrogen-bond acceptors (Lipinski definition) is 5. The third kappa shape index (κ3) is 4.39. The molecule has 6 nitrogen and oxygen atoms in total. The minimum absolute atomic E-state index is 0.306. The highest BCUT2D eigenvalue weighted by atomic mass is 127. The van der Waals surface area contributed by atoms with Crippen LogP contribution in [-0.2, 0) is 0 Å². The van der Waals surface area contributed by atoms with E-state index in [4.69, 9.17) is 0 Å². The largest absolute Gasteiger partial charge is 0.339 e. The maximum absolute atomic E-state index is 13.2. The van der Waals surface area contributed by atoms with Gasteiger partial charge in [0, 0.05) is 45.7 Å². The molecule has 0 saturated carbocycles. The number of rotatable bonds is 5. The number of carbonyl (C=O) groups is 2. The number of nitrogens with zero attached hydrogens (tertiary/aromatic N) is 2. The van der Waals surface area contributed by atoms with Gasteiger partial charge in [-0.1, -0.05) is 12.1 Å². The van der Waals surface area contributed by atoms with Crippen molar-refractivity contribution in [2.75, 3.05) is 10.6 Å². The van der Waals surface area contributed by atoms with Crippen LogP contribution < -0.4 is 10.6 Å². The Hall–Kier alpha value is -2.88. The van der Waals surface area contributed by atoms with Crippen molar-refractivity contribution in [2.45, 2.75) is 0 Å². The second-order valence-corrected chi connectivity index (χ2v) is 6.20. The van der Waals surface area contributed by atoms with Gasteiger partial charge in [-0.25, -0.2) is 14.4 Å². The van der Waals surface area contributed by atoms with E-state index >= 15 is 0 Å². The molecule has 0 atom stereocenters. The molecular weight excluding hydrogens is 450 g/mol. The van der Waals surface area contributed by atoms with Crippen LogP contribution in [-0.4, -0.2) is 22.2 Å². The molecule has 1 aromatic heterocycles. The van der Waals surface area contributed by atoms with Crippen molar-refractivity contribution in [1.82, 2.24) is 9.97 Å². The minimum Gasteiger partial charge on any atom is -0.339 e. The first kappa shape index (κ1) is 17.9. The van der Waals surface area contributed by atoms with E-state index in [0.717, 1.165) is 0 Å². The fraction of sp³-hybridized carbons (Fsp3) is 0. The van der Waals surface area contributed by atoms with Gasteiger partial charge in [0.2, 0.25) is 0 Å². The van der Waals surface area contributed by atoms with Gasteiger partial charge < -0.3 is 10.6 Å². The Labute approximate surface area is 162 Å². The number of anilines is 3. The van der Waals surface area contributed by atoms with E-state index in [1.54, 1.807) is 30.3 Å². The Morgan fingerprint density at radius 2 is 1.88 bits per heavy atom. The summed E-state index contributed by atoms with van der Waals surface area (Å²) in [6.45, 7) is 0. The fourth-order valence-electron chi connectivity index (χ4n) is 2.20. The Kier molecular flexibility index (Phi) is 5.52. The van der Waals surface area contributed by atoms with Crippen LogP contribution in [0, 0.1) is 9.65 Å². The molecule has 2 aromatic carbocycles. The molecule has 0 bridgehead atoms. The predicted molar refractivity (Wildman–Crippen MR) is 104 cm³/mol. The number of carbonyl (C=O) groups excluding carboxylic acids is 2. The van der Waals surface area contributed by atoms with Gasteiger partial charge in [0.15, 0.2) is 10.1 Å². The van der Waals surface area contributed by atoms with Crippen molar-refractivity contribution < 1.29 is 14.0 Å². The number of benzene rings is 2. The zero-order valence-electron chi connectivity index (χ0n) is 13.2. The van der Waals surface area contributed by atoms with Gasteiger partial charge in [0.1, 0.15) is 11.6 Å². The first-order valence-corrected chi connectivity index (χ1v) is 8.55. The Bertz CT molecular complexity index is 981. The second kappa shape index (κ2) is 8.00. The highest BCUT2D eigenvalue weighted by Crippen LogP contribution is 2.20. The van der Waals surface area contributed by atoms with E-state index in [1.165, 1.54) is 24.4 Å². The third-order valence-corrected chi connectivity index (χ3v) is 3.90. The monoisotopic (exact) mass is 462 g/mol.